The Morgan fingerprint density at radius 2 is 2.22 bits per heavy atom. The third-order valence-corrected chi connectivity index (χ3v) is 3.01. The van der Waals surface area contributed by atoms with E-state index in [0.717, 1.165) is 17.7 Å². The molecule has 0 amide bonds. The number of hydrogen-bond donors (Lipinski definition) is 2. The van der Waals surface area contributed by atoms with Crippen LogP contribution in [0.2, 0.25) is 0 Å². The van der Waals surface area contributed by atoms with Gasteiger partial charge in [0.2, 0.25) is 0 Å². The van der Waals surface area contributed by atoms with E-state index >= 15 is 0 Å². The van der Waals surface area contributed by atoms with Crippen LogP contribution in [0.25, 0.3) is 0 Å². The van der Waals surface area contributed by atoms with E-state index in [-0.39, 0.29) is 0 Å². The maximum Gasteiger partial charge on any atom is 0.0921 e. The van der Waals surface area contributed by atoms with Gasteiger partial charge in [0.25, 0.3) is 0 Å². The van der Waals surface area contributed by atoms with E-state index in [1.165, 1.54) is 5.56 Å². The molecule has 6 heteroatoms. The minimum Gasteiger partial charge on any atom is -0.760 e. The largest absolute Gasteiger partial charge is 0.760 e. The topological polar surface area (TPSA) is 80.8 Å². The van der Waals surface area contributed by atoms with E-state index in [1.54, 1.807) is 12.5 Å². The normalized spacial score (nSPS) is 12.5. The van der Waals surface area contributed by atoms with Gasteiger partial charge in [-0.1, -0.05) is 24.3 Å². The van der Waals surface area contributed by atoms with Gasteiger partial charge >= 0.3 is 0 Å². The van der Waals surface area contributed by atoms with Crippen LogP contribution in [0.4, 0.5) is 0 Å². The van der Waals surface area contributed by atoms with E-state index in [0.29, 0.717) is 13.0 Å². The minimum atomic E-state index is -2.18. The summed E-state index contributed by atoms with van der Waals surface area (Å²) in [6, 6.07) is 8.10. The van der Waals surface area contributed by atoms with Crippen molar-refractivity contribution in [2.24, 2.45) is 0 Å². The van der Waals surface area contributed by atoms with Gasteiger partial charge in [0.1, 0.15) is 0 Å². The smallest absolute Gasteiger partial charge is 0.0921 e. The lowest BCUT2D eigenvalue weighted by Gasteiger charge is -2.08. The molecule has 2 aromatic rings. The second-order valence-corrected chi connectivity index (χ2v) is 4.71. The van der Waals surface area contributed by atoms with Crippen LogP contribution in [0.15, 0.2) is 36.8 Å². The number of imidazole rings is 1. The fourth-order valence-electron chi connectivity index (χ4n) is 1.78. The summed E-state index contributed by atoms with van der Waals surface area (Å²) in [5, 5.41) is 0. The predicted molar refractivity (Wildman–Crippen MR) is 68.5 cm³/mol. The van der Waals surface area contributed by atoms with Gasteiger partial charge in [-0.15, -0.1) is 0 Å². The van der Waals surface area contributed by atoms with E-state index in [1.807, 2.05) is 18.2 Å². The molecule has 0 saturated heterocycles. The zero-order valence-electron chi connectivity index (χ0n) is 9.76. The number of hydrogen-bond acceptors (Lipinski definition) is 3. The quantitative estimate of drug-likeness (QED) is 0.761. The second kappa shape index (κ2) is 6.44. The van der Waals surface area contributed by atoms with Crippen LogP contribution < -0.4 is 4.72 Å². The second-order valence-electron chi connectivity index (χ2n) is 3.95. The number of aromatic amines is 1. The van der Waals surface area contributed by atoms with Crippen LogP contribution in [-0.2, 0) is 24.1 Å². The standard InChI is InChI=1S/C12H15N3O2S/c16-18(17)15-5-4-10-2-1-3-11(6-10)7-12-8-13-9-14-12/h1-3,6,8-9,15H,4-5,7H2,(H,13,14)(H,16,17)/p-1. The lowest BCUT2D eigenvalue weighted by molar-refractivity contribution is 0.523. The Bertz CT molecular complexity index is 514. The molecule has 1 unspecified atom stereocenters. The van der Waals surface area contributed by atoms with Crippen molar-refractivity contribution in [3.05, 3.63) is 53.6 Å². The molecule has 0 saturated carbocycles. The maximum absolute atomic E-state index is 10.3. The SMILES string of the molecule is O=S([O-])NCCc1cccc(Cc2cnc[nH]2)c1. The first kappa shape index (κ1) is 12.9. The average Bonchev–Trinajstić information content (AvgIpc) is 2.82. The molecule has 1 aromatic heterocycles. The van der Waals surface area contributed by atoms with E-state index < -0.39 is 11.3 Å². The highest BCUT2D eigenvalue weighted by atomic mass is 32.2. The van der Waals surface area contributed by atoms with Crippen LogP contribution in [0.3, 0.4) is 0 Å². The highest BCUT2D eigenvalue weighted by Gasteiger charge is 1.99. The van der Waals surface area contributed by atoms with Gasteiger partial charge in [-0.3, -0.25) is 4.21 Å². The molecule has 5 nitrogen and oxygen atoms in total. The van der Waals surface area contributed by atoms with Crippen LogP contribution >= 0.6 is 0 Å². The Morgan fingerprint density at radius 3 is 2.94 bits per heavy atom. The Labute approximate surface area is 108 Å². The first-order chi connectivity index (χ1) is 8.74. The Hall–Kier alpha value is -1.50. The van der Waals surface area contributed by atoms with Gasteiger partial charge in [0, 0.05) is 36.1 Å². The summed E-state index contributed by atoms with van der Waals surface area (Å²) in [4.78, 5) is 7.03. The maximum atomic E-state index is 10.3. The van der Waals surface area contributed by atoms with Crippen molar-refractivity contribution in [2.75, 3.05) is 6.54 Å². The highest BCUT2D eigenvalue weighted by Crippen LogP contribution is 2.10. The summed E-state index contributed by atoms with van der Waals surface area (Å²) >= 11 is -2.18. The van der Waals surface area contributed by atoms with Crippen molar-refractivity contribution in [3.8, 4) is 0 Å². The number of H-pyrrole nitrogens is 1. The lowest BCUT2D eigenvalue weighted by atomic mass is 10.1. The van der Waals surface area contributed by atoms with Gasteiger partial charge in [-0.25, -0.2) is 9.71 Å². The molecule has 0 fully saturated rings. The van der Waals surface area contributed by atoms with Crippen molar-refractivity contribution in [1.82, 2.24) is 14.7 Å². The number of nitrogens with zero attached hydrogens (tertiary/aromatic N) is 1. The van der Waals surface area contributed by atoms with Crippen molar-refractivity contribution < 1.29 is 8.76 Å². The summed E-state index contributed by atoms with van der Waals surface area (Å²) in [6.45, 7) is 0.420. The summed E-state index contributed by atoms with van der Waals surface area (Å²) in [5.41, 5.74) is 3.36. The molecule has 18 heavy (non-hydrogen) atoms. The average molecular weight is 264 g/mol. The molecule has 1 aromatic carbocycles. The Morgan fingerprint density at radius 1 is 1.39 bits per heavy atom. The van der Waals surface area contributed by atoms with Crippen LogP contribution in [0, 0.1) is 0 Å². The van der Waals surface area contributed by atoms with Crippen molar-refractivity contribution >= 4 is 11.3 Å². The number of benzene rings is 1. The highest BCUT2D eigenvalue weighted by molar-refractivity contribution is 7.77. The zero-order valence-corrected chi connectivity index (χ0v) is 10.6. The molecule has 96 valence electrons. The van der Waals surface area contributed by atoms with Crippen molar-refractivity contribution in [2.45, 2.75) is 12.8 Å². The minimum absolute atomic E-state index is 0.420. The first-order valence-corrected chi connectivity index (χ1v) is 6.69. The molecule has 0 radical (unpaired) electrons. The van der Waals surface area contributed by atoms with Gasteiger partial charge in [0.15, 0.2) is 0 Å². The summed E-state index contributed by atoms with van der Waals surface area (Å²) in [6.07, 6.45) is 4.95. The number of aromatic nitrogens is 2. The van der Waals surface area contributed by atoms with Crippen molar-refractivity contribution in [3.63, 3.8) is 0 Å². The molecule has 2 N–H and O–H groups in total. The zero-order chi connectivity index (χ0) is 12.8. The molecule has 0 spiro atoms. The number of nitrogens with one attached hydrogen (secondary N) is 2. The summed E-state index contributed by atoms with van der Waals surface area (Å²) < 4.78 is 23.1. The van der Waals surface area contributed by atoms with Crippen LogP contribution in [0.5, 0.6) is 0 Å². The predicted octanol–water partition coefficient (Wildman–Crippen LogP) is 0.927. The monoisotopic (exact) mass is 264 g/mol. The third-order valence-electron chi connectivity index (χ3n) is 2.57. The fourth-order valence-corrected chi connectivity index (χ4v) is 2.04. The molecule has 0 aliphatic carbocycles. The van der Waals surface area contributed by atoms with Crippen LogP contribution in [-0.4, -0.2) is 25.3 Å². The van der Waals surface area contributed by atoms with Crippen LogP contribution in [0.1, 0.15) is 16.8 Å². The third kappa shape index (κ3) is 4.06. The molecular formula is C12H14N3O2S-. The van der Waals surface area contributed by atoms with Gasteiger partial charge < -0.3 is 9.54 Å². The van der Waals surface area contributed by atoms with Gasteiger partial charge in [-0.05, 0) is 17.5 Å². The molecule has 0 aliphatic rings. The first-order valence-electron chi connectivity index (χ1n) is 5.62. The Balaban J connectivity index is 1.94. The number of rotatable bonds is 6. The van der Waals surface area contributed by atoms with E-state index in [9.17, 15) is 8.76 Å². The fraction of sp³-hybridized carbons (Fsp3) is 0.250. The molecule has 2 rings (SSSR count). The van der Waals surface area contributed by atoms with Gasteiger partial charge in [-0.2, -0.15) is 0 Å². The van der Waals surface area contributed by atoms with Crippen molar-refractivity contribution in [1.29, 1.82) is 0 Å². The van der Waals surface area contributed by atoms with E-state index in [2.05, 4.69) is 20.8 Å². The molecule has 0 bridgehead atoms. The summed E-state index contributed by atoms with van der Waals surface area (Å²) in [5.74, 6) is 0. The lowest BCUT2D eigenvalue weighted by Crippen LogP contribution is -2.19. The van der Waals surface area contributed by atoms with Gasteiger partial charge in [0.05, 0.1) is 6.33 Å². The Kier molecular flexibility index (Phi) is 4.63. The summed E-state index contributed by atoms with van der Waals surface area (Å²) in [7, 11) is 0. The molecule has 0 aliphatic heterocycles. The van der Waals surface area contributed by atoms with E-state index in [4.69, 9.17) is 0 Å². The molecule has 1 atom stereocenters. The molecular weight excluding hydrogens is 250 g/mol. The molecule has 1 heterocycles.